The molecule has 1 aromatic heterocycles. The number of anilines is 1. The zero-order valence-corrected chi connectivity index (χ0v) is 22.0. The molecule has 2 N–H and O–H groups in total. The van der Waals surface area contributed by atoms with E-state index >= 15 is 0 Å². The Bertz CT molecular complexity index is 1230. The second-order valence-corrected chi connectivity index (χ2v) is 9.19. The number of allylic oxidation sites excluding steroid dienone is 3. The quantitative estimate of drug-likeness (QED) is 0.448. The van der Waals surface area contributed by atoms with Gasteiger partial charge in [-0.1, -0.05) is 42.4 Å². The predicted octanol–water partition coefficient (Wildman–Crippen LogP) is 2.34. The minimum Gasteiger partial charge on any atom is -0.353 e. The number of benzene rings is 1. The summed E-state index contributed by atoms with van der Waals surface area (Å²) in [5.74, 6) is 0.658. The monoisotopic (exact) mass is 505 g/mol. The number of hydrogen-bond acceptors (Lipinski definition) is 8. The number of amides is 2. The molecule has 37 heavy (non-hydrogen) atoms. The van der Waals surface area contributed by atoms with Crippen molar-refractivity contribution in [3.8, 4) is 11.4 Å². The zero-order chi connectivity index (χ0) is 26.4. The van der Waals surface area contributed by atoms with Gasteiger partial charge in [0.2, 0.25) is 17.6 Å². The minimum absolute atomic E-state index is 0.0314. The second-order valence-electron chi connectivity index (χ2n) is 9.19. The highest BCUT2D eigenvalue weighted by molar-refractivity contribution is 5.87. The van der Waals surface area contributed by atoms with Crippen LogP contribution in [0.5, 0.6) is 0 Å². The Labute approximate surface area is 217 Å². The third-order valence-corrected chi connectivity index (χ3v) is 6.44. The highest BCUT2D eigenvalue weighted by atomic mass is 16.5. The van der Waals surface area contributed by atoms with Gasteiger partial charge >= 0.3 is 0 Å². The summed E-state index contributed by atoms with van der Waals surface area (Å²) in [6, 6.07) is 5.75. The number of likely N-dealkylation sites (N-methyl/N-ethyl adjacent to an activating group) is 2. The Balaban J connectivity index is 1.54. The normalized spacial score (nSPS) is 14.2. The third kappa shape index (κ3) is 6.45. The summed E-state index contributed by atoms with van der Waals surface area (Å²) >= 11 is 0. The lowest BCUT2D eigenvalue weighted by Gasteiger charge is -2.32. The molecule has 2 amide bonds. The lowest BCUT2D eigenvalue weighted by molar-refractivity contribution is -0.139. The van der Waals surface area contributed by atoms with E-state index in [-0.39, 0.29) is 24.9 Å². The molecule has 0 saturated carbocycles. The van der Waals surface area contributed by atoms with E-state index in [9.17, 15) is 9.59 Å². The fourth-order valence-electron chi connectivity index (χ4n) is 4.34. The number of nitrogens with one attached hydrogen (secondary N) is 2. The summed E-state index contributed by atoms with van der Waals surface area (Å²) in [5, 5.41) is 13.7. The van der Waals surface area contributed by atoms with Crippen LogP contribution in [0.15, 0.2) is 58.3 Å². The van der Waals surface area contributed by atoms with Crippen molar-refractivity contribution in [3.63, 3.8) is 0 Å². The SMILES string of the molecule is CCNCCNC(=O)CN(CC(=O)N(C)N1C=C2CC=CC=C2C1)c1cc(-c2noc(C)n2)ccc1C. The van der Waals surface area contributed by atoms with E-state index in [1.807, 2.05) is 48.2 Å². The fourth-order valence-corrected chi connectivity index (χ4v) is 4.34. The fraction of sp³-hybridized carbons (Fsp3) is 0.407. The molecule has 2 aromatic rings. The molecule has 0 radical (unpaired) electrons. The largest absolute Gasteiger partial charge is 0.353 e. The van der Waals surface area contributed by atoms with E-state index in [0.717, 1.165) is 29.8 Å². The van der Waals surface area contributed by atoms with Crippen LogP contribution in [0.25, 0.3) is 11.4 Å². The van der Waals surface area contributed by atoms with Crippen molar-refractivity contribution < 1.29 is 14.1 Å². The lowest BCUT2D eigenvalue weighted by atomic mass is 10.0. The van der Waals surface area contributed by atoms with E-state index in [1.54, 1.807) is 19.0 Å². The molecule has 1 aliphatic carbocycles. The van der Waals surface area contributed by atoms with Crippen LogP contribution in [0.3, 0.4) is 0 Å². The van der Waals surface area contributed by atoms with Crippen LogP contribution >= 0.6 is 0 Å². The summed E-state index contributed by atoms with van der Waals surface area (Å²) < 4.78 is 5.15. The Hall–Kier alpha value is -3.92. The van der Waals surface area contributed by atoms with Gasteiger partial charge in [-0.25, -0.2) is 0 Å². The van der Waals surface area contributed by atoms with Gasteiger partial charge in [-0.05, 0) is 42.7 Å². The Morgan fingerprint density at radius 2 is 2.00 bits per heavy atom. The van der Waals surface area contributed by atoms with Gasteiger partial charge in [-0.15, -0.1) is 0 Å². The molecule has 0 atom stereocenters. The number of fused-ring (bicyclic) bond motifs is 1. The number of aromatic nitrogens is 2. The lowest BCUT2D eigenvalue weighted by Crippen LogP contribution is -2.48. The molecule has 10 nitrogen and oxygen atoms in total. The van der Waals surface area contributed by atoms with Crippen LogP contribution in [-0.4, -0.2) is 78.3 Å². The summed E-state index contributed by atoms with van der Waals surface area (Å²) in [6.07, 6.45) is 9.14. The number of rotatable bonds is 11. The van der Waals surface area contributed by atoms with Gasteiger partial charge in [0.25, 0.3) is 5.91 Å². The summed E-state index contributed by atoms with van der Waals surface area (Å²) in [7, 11) is 1.77. The summed E-state index contributed by atoms with van der Waals surface area (Å²) in [6.45, 7) is 8.47. The first-order valence-electron chi connectivity index (χ1n) is 12.6. The highest BCUT2D eigenvalue weighted by Crippen LogP contribution is 2.29. The molecule has 0 spiro atoms. The van der Waals surface area contributed by atoms with E-state index in [2.05, 4.69) is 39.0 Å². The highest BCUT2D eigenvalue weighted by Gasteiger charge is 2.26. The molecule has 2 heterocycles. The summed E-state index contributed by atoms with van der Waals surface area (Å²) in [4.78, 5) is 32.5. The van der Waals surface area contributed by atoms with Crippen molar-refractivity contribution >= 4 is 17.5 Å². The van der Waals surface area contributed by atoms with Crippen LogP contribution in [0.2, 0.25) is 0 Å². The van der Waals surface area contributed by atoms with Crippen molar-refractivity contribution in [2.75, 3.05) is 51.2 Å². The smallest absolute Gasteiger partial charge is 0.260 e. The van der Waals surface area contributed by atoms with Crippen LogP contribution < -0.4 is 15.5 Å². The van der Waals surface area contributed by atoms with Crippen molar-refractivity contribution in [3.05, 3.63) is 65.2 Å². The number of aryl methyl sites for hydroxylation is 2. The van der Waals surface area contributed by atoms with E-state index in [4.69, 9.17) is 4.52 Å². The van der Waals surface area contributed by atoms with Gasteiger partial charge < -0.3 is 20.1 Å². The van der Waals surface area contributed by atoms with E-state index in [0.29, 0.717) is 31.3 Å². The van der Waals surface area contributed by atoms with Gasteiger partial charge in [-0.2, -0.15) is 4.98 Å². The summed E-state index contributed by atoms with van der Waals surface area (Å²) in [5.41, 5.74) is 4.90. The molecule has 2 aliphatic rings. The molecular formula is C27H35N7O3. The first kappa shape index (κ1) is 26.2. The van der Waals surface area contributed by atoms with E-state index < -0.39 is 0 Å². The second kappa shape index (κ2) is 11.9. The molecule has 0 fully saturated rings. The first-order valence-corrected chi connectivity index (χ1v) is 12.6. The van der Waals surface area contributed by atoms with Gasteiger partial charge in [0.15, 0.2) is 0 Å². The molecule has 0 unspecified atom stereocenters. The van der Waals surface area contributed by atoms with Crippen molar-refractivity contribution in [2.24, 2.45) is 0 Å². The van der Waals surface area contributed by atoms with Gasteiger partial charge in [0.05, 0.1) is 19.6 Å². The van der Waals surface area contributed by atoms with Crippen molar-refractivity contribution in [2.45, 2.75) is 27.2 Å². The number of nitrogens with zero attached hydrogens (tertiary/aromatic N) is 5. The van der Waals surface area contributed by atoms with Crippen LogP contribution in [0.4, 0.5) is 5.69 Å². The number of hydrazine groups is 1. The molecular weight excluding hydrogens is 470 g/mol. The maximum atomic E-state index is 13.5. The standard InChI is InChI=1S/C27H35N7O3/c1-5-28-12-13-29-25(35)17-33(24-14-21(11-10-19(24)2)27-30-20(3)37-31-27)18-26(36)32(4)34-15-22-8-6-7-9-23(22)16-34/h6-8,10-11,14,16,28H,5,9,12-13,15,17-18H2,1-4H3,(H,29,35). The molecule has 4 rings (SSSR count). The van der Waals surface area contributed by atoms with E-state index in [1.165, 1.54) is 11.1 Å². The molecule has 10 heteroatoms. The molecule has 1 aromatic carbocycles. The molecule has 0 saturated heterocycles. The molecule has 1 aliphatic heterocycles. The Kier molecular flexibility index (Phi) is 8.39. The Morgan fingerprint density at radius 3 is 2.73 bits per heavy atom. The van der Waals surface area contributed by atoms with Crippen molar-refractivity contribution in [1.29, 1.82) is 0 Å². The Morgan fingerprint density at radius 1 is 1.16 bits per heavy atom. The van der Waals surface area contributed by atoms with Gasteiger partial charge in [0, 0.05) is 44.5 Å². The topological polar surface area (TPSA) is 107 Å². The van der Waals surface area contributed by atoms with Crippen LogP contribution in [-0.2, 0) is 9.59 Å². The first-order chi connectivity index (χ1) is 17.9. The maximum Gasteiger partial charge on any atom is 0.260 e. The minimum atomic E-state index is -0.154. The predicted molar refractivity (Wildman–Crippen MR) is 142 cm³/mol. The number of carbonyl (C=O) groups excluding carboxylic acids is 2. The van der Waals surface area contributed by atoms with Crippen LogP contribution in [0.1, 0.15) is 24.8 Å². The average molecular weight is 506 g/mol. The third-order valence-electron chi connectivity index (χ3n) is 6.44. The zero-order valence-electron chi connectivity index (χ0n) is 22.0. The van der Waals surface area contributed by atoms with Crippen molar-refractivity contribution in [1.82, 2.24) is 30.8 Å². The number of hydrogen-bond donors (Lipinski definition) is 2. The maximum absolute atomic E-state index is 13.5. The average Bonchev–Trinajstić information content (AvgIpc) is 3.52. The number of carbonyl (C=O) groups is 2. The van der Waals surface area contributed by atoms with Crippen LogP contribution in [0, 0.1) is 13.8 Å². The van der Waals surface area contributed by atoms with Gasteiger partial charge in [0.1, 0.15) is 0 Å². The molecule has 196 valence electrons. The van der Waals surface area contributed by atoms with Gasteiger partial charge in [-0.3, -0.25) is 19.6 Å². The molecule has 0 bridgehead atoms.